The number of carbonyl (C=O) groups excluding carboxylic acids is 1. The van der Waals surface area contributed by atoms with Crippen LogP contribution in [0.5, 0.6) is 5.75 Å². The van der Waals surface area contributed by atoms with Gasteiger partial charge in [-0.3, -0.25) is 10.2 Å². The molecule has 5 N–H and O–H groups in total. The Kier molecular flexibility index (Phi) is 4.08. The third kappa shape index (κ3) is 3.23. The maximum atomic E-state index is 11.1. The summed E-state index contributed by atoms with van der Waals surface area (Å²) in [5.41, 5.74) is 8.59. The predicted octanol–water partition coefficient (Wildman–Crippen LogP) is -0.445. The van der Waals surface area contributed by atoms with Crippen LogP contribution in [-0.2, 0) is 11.2 Å². The average Bonchev–Trinajstić information content (AvgIpc) is 2.29. The fourth-order valence-electron chi connectivity index (χ4n) is 1.22. The van der Waals surface area contributed by atoms with E-state index in [0.29, 0.717) is 6.42 Å². The van der Waals surface area contributed by atoms with E-state index in [4.69, 9.17) is 16.3 Å². The van der Waals surface area contributed by atoms with Crippen molar-refractivity contribution in [1.82, 2.24) is 5.43 Å². The molecule has 15 heavy (non-hydrogen) atoms. The van der Waals surface area contributed by atoms with Gasteiger partial charge in [0.15, 0.2) is 0 Å². The van der Waals surface area contributed by atoms with Crippen LogP contribution in [0.1, 0.15) is 5.56 Å². The topological polar surface area (TPSA) is 90.4 Å². The second kappa shape index (κ2) is 5.33. The summed E-state index contributed by atoms with van der Waals surface area (Å²) < 4.78 is 5.01. The molecule has 0 fully saturated rings. The molecule has 82 valence electrons. The Morgan fingerprint density at radius 1 is 1.47 bits per heavy atom. The highest BCUT2D eigenvalue weighted by Crippen LogP contribution is 2.12. The Morgan fingerprint density at radius 2 is 2.07 bits per heavy atom. The molecule has 0 radical (unpaired) electrons. The lowest BCUT2D eigenvalue weighted by Gasteiger charge is -2.09. The van der Waals surface area contributed by atoms with E-state index in [1.54, 1.807) is 7.11 Å². The highest BCUT2D eigenvalue weighted by molar-refractivity contribution is 5.81. The highest BCUT2D eigenvalue weighted by Gasteiger charge is 2.12. The molecule has 0 aliphatic rings. The van der Waals surface area contributed by atoms with E-state index >= 15 is 0 Å². The van der Waals surface area contributed by atoms with E-state index in [2.05, 4.69) is 0 Å². The molecule has 0 aromatic heterocycles. The van der Waals surface area contributed by atoms with Crippen molar-refractivity contribution in [2.45, 2.75) is 12.5 Å². The van der Waals surface area contributed by atoms with Gasteiger partial charge in [0.2, 0.25) is 0 Å². The lowest BCUT2D eigenvalue weighted by Crippen LogP contribution is -2.45. The molecule has 1 atom stereocenters. The molecule has 0 bridgehead atoms. The number of rotatable bonds is 4. The Labute approximate surface area is 88.4 Å². The summed E-state index contributed by atoms with van der Waals surface area (Å²) in [6.45, 7) is 0. The van der Waals surface area contributed by atoms with E-state index in [9.17, 15) is 4.79 Å². The predicted molar refractivity (Wildman–Crippen MR) is 57.0 cm³/mol. The molecule has 1 aromatic carbocycles. The van der Waals surface area contributed by atoms with Gasteiger partial charge in [-0.05, 0) is 24.1 Å². The molecule has 5 nitrogen and oxygen atoms in total. The van der Waals surface area contributed by atoms with E-state index in [-0.39, 0.29) is 5.91 Å². The minimum atomic E-state index is -0.622. The van der Waals surface area contributed by atoms with E-state index in [0.717, 1.165) is 11.3 Å². The lowest BCUT2D eigenvalue weighted by molar-refractivity contribution is -0.122. The Morgan fingerprint density at radius 3 is 2.53 bits per heavy atom. The zero-order valence-corrected chi connectivity index (χ0v) is 8.57. The molecule has 0 heterocycles. The smallest absolute Gasteiger partial charge is 0.251 e. The largest absolute Gasteiger partial charge is 0.497 e. The minimum absolute atomic E-state index is 0.370. The number of ether oxygens (including phenoxy) is 1. The number of hydrogen-bond donors (Lipinski definition) is 3. The second-order valence-corrected chi connectivity index (χ2v) is 3.17. The lowest BCUT2D eigenvalue weighted by atomic mass is 10.1. The molecular formula is C10H15N3O2. The monoisotopic (exact) mass is 209 g/mol. The molecule has 1 amide bonds. The zero-order chi connectivity index (χ0) is 11.3. The first-order valence-electron chi connectivity index (χ1n) is 4.56. The first-order valence-corrected chi connectivity index (χ1v) is 4.56. The summed E-state index contributed by atoms with van der Waals surface area (Å²) in [5.74, 6) is 5.38. The summed E-state index contributed by atoms with van der Waals surface area (Å²) in [6.07, 6.45) is 0.451. The maximum absolute atomic E-state index is 11.1. The molecular weight excluding hydrogens is 194 g/mol. The van der Waals surface area contributed by atoms with E-state index < -0.39 is 6.04 Å². The number of methoxy groups -OCH3 is 1. The van der Waals surface area contributed by atoms with Gasteiger partial charge >= 0.3 is 0 Å². The van der Waals surface area contributed by atoms with Crippen molar-refractivity contribution in [2.24, 2.45) is 11.6 Å². The number of hydrazine groups is 1. The molecule has 1 aromatic rings. The van der Waals surface area contributed by atoms with Gasteiger partial charge in [0.25, 0.3) is 5.91 Å². The summed E-state index contributed by atoms with van der Waals surface area (Å²) in [5, 5.41) is 0. The van der Waals surface area contributed by atoms with Crippen molar-refractivity contribution >= 4 is 5.91 Å². The Balaban J connectivity index is 2.60. The van der Waals surface area contributed by atoms with Crippen molar-refractivity contribution < 1.29 is 9.53 Å². The summed E-state index contributed by atoms with van der Waals surface area (Å²) in [4.78, 5) is 11.1. The van der Waals surface area contributed by atoms with Crippen molar-refractivity contribution in [1.29, 1.82) is 0 Å². The summed E-state index contributed by atoms with van der Waals surface area (Å²) in [6, 6.07) is 6.75. The van der Waals surface area contributed by atoms with Gasteiger partial charge in [0.1, 0.15) is 5.75 Å². The van der Waals surface area contributed by atoms with E-state index in [1.807, 2.05) is 29.7 Å². The number of carbonyl (C=O) groups is 1. The van der Waals surface area contributed by atoms with E-state index in [1.165, 1.54) is 0 Å². The third-order valence-electron chi connectivity index (χ3n) is 2.09. The van der Waals surface area contributed by atoms with Gasteiger partial charge in [-0.15, -0.1) is 0 Å². The van der Waals surface area contributed by atoms with Crippen molar-refractivity contribution in [3.8, 4) is 5.75 Å². The molecule has 0 saturated carbocycles. The standard InChI is InChI=1S/C10H15N3O2/c1-15-8-4-2-7(3-5-8)6-9(11)10(14)13-12/h2-5,9H,6,11-12H2,1H3,(H,13,14). The molecule has 0 aliphatic heterocycles. The molecule has 1 rings (SSSR count). The third-order valence-corrected chi connectivity index (χ3v) is 2.09. The fraction of sp³-hybridized carbons (Fsp3) is 0.300. The SMILES string of the molecule is COc1ccc(CC(N)C(=O)NN)cc1. The van der Waals surface area contributed by atoms with Crippen LogP contribution >= 0.6 is 0 Å². The number of nitrogens with one attached hydrogen (secondary N) is 1. The second-order valence-electron chi connectivity index (χ2n) is 3.17. The normalized spacial score (nSPS) is 11.9. The molecule has 0 saturated heterocycles. The molecule has 5 heteroatoms. The van der Waals surface area contributed by atoms with Gasteiger partial charge in [-0.25, -0.2) is 5.84 Å². The Bertz CT molecular complexity index is 324. The van der Waals surface area contributed by atoms with Gasteiger partial charge in [-0.1, -0.05) is 12.1 Å². The van der Waals surface area contributed by atoms with Crippen LogP contribution in [0.25, 0.3) is 0 Å². The number of amides is 1. The van der Waals surface area contributed by atoms with Crippen LogP contribution in [0.2, 0.25) is 0 Å². The van der Waals surface area contributed by atoms with Gasteiger partial charge in [0.05, 0.1) is 13.2 Å². The molecule has 0 aliphatic carbocycles. The van der Waals surface area contributed by atoms with Crippen LogP contribution in [0.4, 0.5) is 0 Å². The zero-order valence-electron chi connectivity index (χ0n) is 8.57. The highest BCUT2D eigenvalue weighted by atomic mass is 16.5. The molecule has 0 spiro atoms. The first-order chi connectivity index (χ1) is 7.17. The van der Waals surface area contributed by atoms with Crippen molar-refractivity contribution in [3.63, 3.8) is 0 Å². The van der Waals surface area contributed by atoms with Crippen LogP contribution in [0.3, 0.4) is 0 Å². The Hall–Kier alpha value is -1.59. The average molecular weight is 209 g/mol. The van der Waals surface area contributed by atoms with Gasteiger partial charge < -0.3 is 10.5 Å². The summed E-state index contributed by atoms with van der Waals surface area (Å²) in [7, 11) is 1.60. The van der Waals surface area contributed by atoms with Crippen LogP contribution in [0.15, 0.2) is 24.3 Å². The summed E-state index contributed by atoms with van der Waals surface area (Å²) >= 11 is 0. The quantitative estimate of drug-likeness (QED) is 0.356. The first kappa shape index (κ1) is 11.5. The number of hydrogen-bond acceptors (Lipinski definition) is 4. The van der Waals surface area contributed by atoms with Gasteiger partial charge in [-0.2, -0.15) is 0 Å². The van der Waals surface area contributed by atoms with Crippen molar-refractivity contribution in [3.05, 3.63) is 29.8 Å². The fourth-order valence-corrected chi connectivity index (χ4v) is 1.22. The maximum Gasteiger partial charge on any atom is 0.251 e. The van der Waals surface area contributed by atoms with Crippen LogP contribution in [-0.4, -0.2) is 19.1 Å². The number of nitrogens with two attached hydrogens (primary N) is 2. The van der Waals surface area contributed by atoms with Crippen LogP contribution in [0, 0.1) is 0 Å². The van der Waals surface area contributed by atoms with Gasteiger partial charge in [0, 0.05) is 0 Å². The molecule has 1 unspecified atom stereocenters. The van der Waals surface area contributed by atoms with Crippen molar-refractivity contribution in [2.75, 3.05) is 7.11 Å². The minimum Gasteiger partial charge on any atom is -0.497 e. The number of benzene rings is 1. The van der Waals surface area contributed by atoms with Crippen LogP contribution < -0.4 is 21.7 Å².